The third kappa shape index (κ3) is 1.79. The number of methoxy groups -OCH3 is 1. The van der Waals surface area contributed by atoms with E-state index in [0.717, 1.165) is 16.7 Å². The van der Waals surface area contributed by atoms with Crippen LogP contribution in [0, 0.1) is 0 Å². The van der Waals surface area contributed by atoms with Gasteiger partial charge < -0.3 is 14.5 Å². The Morgan fingerprint density at radius 1 is 1.47 bits per heavy atom. The molecule has 1 amide bonds. The number of benzene rings is 1. The number of anilines is 1. The zero-order valence-corrected chi connectivity index (χ0v) is 8.53. The molecule has 0 unspecified atom stereocenters. The van der Waals surface area contributed by atoms with E-state index in [2.05, 4.69) is 5.32 Å². The average molecular weight is 205 g/mol. The van der Waals surface area contributed by atoms with Crippen molar-refractivity contribution < 1.29 is 13.9 Å². The number of ether oxygens (including phenoxy) is 1. The second-order valence-electron chi connectivity index (χ2n) is 3.19. The number of nitrogens with one attached hydrogen (secondary N) is 1. The van der Waals surface area contributed by atoms with Gasteiger partial charge in [0.1, 0.15) is 17.6 Å². The molecule has 0 bridgehead atoms. The first-order valence-corrected chi connectivity index (χ1v) is 4.53. The summed E-state index contributed by atoms with van der Waals surface area (Å²) in [6.45, 7) is 1.46. The van der Waals surface area contributed by atoms with Crippen molar-refractivity contribution in [2.75, 3.05) is 12.4 Å². The number of hydrogen-bond acceptors (Lipinski definition) is 3. The van der Waals surface area contributed by atoms with Gasteiger partial charge in [0.15, 0.2) is 0 Å². The van der Waals surface area contributed by atoms with Crippen LogP contribution in [-0.4, -0.2) is 13.0 Å². The molecule has 0 fully saturated rings. The summed E-state index contributed by atoms with van der Waals surface area (Å²) in [5.74, 6) is 0.607. The first kappa shape index (κ1) is 9.58. The lowest BCUT2D eigenvalue weighted by molar-refractivity contribution is -0.114. The molecule has 0 aliphatic rings. The van der Waals surface area contributed by atoms with E-state index in [1.54, 1.807) is 13.2 Å². The summed E-state index contributed by atoms with van der Waals surface area (Å²) in [4.78, 5) is 10.9. The highest BCUT2D eigenvalue weighted by Gasteiger charge is 2.07. The molecule has 1 aromatic heterocycles. The molecule has 1 N–H and O–H groups in total. The standard InChI is InChI=1S/C11H11NO3/c1-7(13)12-10-6-15-11-4-3-8(14-2)5-9(10)11/h3-6H,1-2H3,(H,12,13). The number of carbonyl (C=O) groups is 1. The molecule has 0 spiro atoms. The molecular formula is C11H11NO3. The fraction of sp³-hybridized carbons (Fsp3) is 0.182. The maximum absolute atomic E-state index is 10.9. The van der Waals surface area contributed by atoms with Crippen LogP contribution in [-0.2, 0) is 4.79 Å². The molecule has 15 heavy (non-hydrogen) atoms. The SMILES string of the molecule is COc1ccc2occ(NC(C)=O)c2c1. The van der Waals surface area contributed by atoms with Gasteiger partial charge in [-0.3, -0.25) is 4.79 Å². The van der Waals surface area contributed by atoms with Crippen LogP contribution in [0.4, 0.5) is 5.69 Å². The van der Waals surface area contributed by atoms with Crippen LogP contribution in [0.25, 0.3) is 11.0 Å². The van der Waals surface area contributed by atoms with Crippen molar-refractivity contribution in [1.29, 1.82) is 0 Å². The van der Waals surface area contributed by atoms with E-state index < -0.39 is 0 Å². The van der Waals surface area contributed by atoms with Gasteiger partial charge >= 0.3 is 0 Å². The van der Waals surface area contributed by atoms with Crippen LogP contribution in [0.1, 0.15) is 6.92 Å². The fourth-order valence-electron chi connectivity index (χ4n) is 1.42. The topological polar surface area (TPSA) is 51.5 Å². The summed E-state index contributed by atoms with van der Waals surface area (Å²) >= 11 is 0. The van der Waals surface area contributed by atoms with Gasteiger partial charge in [-0.15, -0.1) is 0 Å². The van der Waals surface area contributed by atoms with Crippen LogP contribution in [0.5, 0.6) is 5.75 Å². The molecule has 0 radical (unpaired) electrons. The van der Waals surface area contributed by atoms with E-state index in [1.807, 2.05) is 12.1 Å². The van der Waals surface area contributed by atoms with Crippen molar-refractivity contribution in [2.24, 2.45) is 0 Å². The van der Waals surface area contributed by atoms with Gasteiger partial charge in [-0.2, -0.15) is 0 Å². The molecule has 0 aliphatic carbocycles. The van der Waals surface area contributed by atoms with E-state index in [9.17, 15) is 4.79 Å². The summed E-state index contributed by atoms with van der Waals surface area (Å²) < 4.78 is 10.4. The second-order valence-corrected chi connectivity index (χ2v) is 3.19. The summed E-state index contributed by atoms with van der Waals surface area (Å²) in [5.41, 5.74) is 1.39. The van der Waals surface area contributed by atoms with Crippen molar-refractivity contribution in [3.63, 3.8) is 0 Å². The normalized spacial score (nSPS) is 10.3. The van der Waals surface area contributed by atoms with Gasteiger partial charge in [0.2, 0.25) is 5.91 Å². The minimum absolute atomic E-state index is 0.125. The Morgan fingerprint density at radius 2 is 2.27 bits per heavy atom. The minimum Gasteiger partial charge on any atom is -0.497 e. The predicted molar refractivity (Wildman–Crippen MR) is 57.1 cm³/mol. The van der Waals surface area contributed by atoms with Gasteiger partial charge in [-0.25, -0.2) is 0 Å². The quantitative estimate of drug-likeness (QED) is 0.819. The van der Waals surface area contributed by atoms with Crippen molar-refractivity contribution in [3.8, 4) is 5.75 Å². The van der Waals surface area contributed by atoms with E-state index in [4.69, 9.17) is 9.15 Å². The average Bonchev–Trinajstić information content (AvgIpc) is 2.60. The molecular weight excluding hydrogens is 194 g/mol. The summed E-state index contributed by atoms with van der Waals surface area (Å²) in [7, 11) is 1.60. The minimum atomic E-state index is -0.125. The summed E-state index contributed by atoms with van der Waals surface area (Å²) in [6.07, 6.45) is 1.52. The van der Waals surface area contributed by atoms with Crippen LogP contribution in [0.2, 0.25) is 0 Å². The molecule has 2 aromatic rings. The van der Waals surface area contributed by atoms with Gasteiger partial charge in [0.05, 0.1) is 12.8 Å². The monoisotopic (exact) mass is 205 g/mol. The smallest absolute Gasteiger partial charge is 0.221 e. The van der Waals surface area contributed by atoms with Crippen LogP contribution >= 0.6 is 0 Å². The van der Waals surface area contributed by atoms with Gasteiger partial charge in [-0.05, 0) is 18.2 Å². The lowest BCUT2D eigenvalue weighted by atomic mass is 10.2. The van der Waals surface area contributed by atoms with Crippen molar-refractivity contribution >= 4 is 22.6 Å². The molecule has 0 saturated heterocycles. The number of furan rings is 1. The molecule has 2 rings (SSSR count). The molecule has 0 atom stereocenters. The molecule has 4 nitrogen and oxygen atoms in total. The Labute approximate surface area is 86.8 Å². The fourth-order valence-corrected chi connectivity index (χ4v) is 1.42. The van der Waals surface area contributed by atoms with Crippen LogP contribution in [0.15, 0.2) is 28.9 Å². The maximum Gasteiger partial charge on any atom is 0.221 e. The molecule has 4 heteroatoms. The number of amides is 1. The Kier molecular flexibility index (Phi) is 2.33. The Balaban J connectivity index is 2.51. The zero-order valence-electron chi connectivity index (χ0n) is 8.53. The van der Waals surface area contributed by atoms with E-state index in [-0.39, 0.29) is 5.91 Å². The third-order valence-corrected chi connectivity index (χ3v) is 2.09. The largest absolute Gasteiger partial charge is 0.497 e. The molecule has 1 heterocycles. The number of carbonyl (C=O) groups excluding carboxylic acids is 1. The Morgan fingerprint density at radius 3 is 2.93 bits per heavy atom. The lowest BCUT2D eigenvalue weighted by Gasteiger charge is -2.00. The highest BCUT2D eigenvalue weighted by Crippen LogP contribution is 2.29. The first-order valence-electron chi connectivity index (χ1n) is 4.53. The number of hydrogen-bond donors (Lipinski definition) is 1. The van der Waals surface area contributed by atoms with E-state index in [1.165, 1.54) is 13.2 Å². The van der Waals surface area contributed by atoms with Crippen LogP contribution in [0.3, 0.4) is 0 Å². The van der Waals surface area contributed by atoms with E-state index in [0.29, 0.717) is 5.69 Å². The van der Waals surface area contributed by atoms with Crippen molar-refractivity contribution in [3.05, 3.63) is 24.5 Å². The molecule has 78 valence electrons. The number of fused-ring (bicyclic) bond motifs is 1. The highest BCUT2D eigenvalue weighted by molar-refractivity contribution is 6.00. The zero-order chi connectivity index (χ0) is 10.8. The summed E-state index contributed by atoms with van der Waals surface area (Å²) in [6, 6.07) is 5.44. The Bertz CT molecular complexity index is 502. The molecule has 0 saturated carbocycles. The van der Waals surface area contributed by atoms with Crippen molar-refractivity contribution in [1.82, 2.24) is 0 Å². The second kappa shape index (κ2) is 3.65. The number of rotatable bonds is 2. The van der Waals surface area contributed by atoms with Gasteiger partial charge in [0, 0.05) is 12.3 Å². The summed E-state index contributed by atoms with van der Waals surface area (Å²) in [5, 5.41) is 3.53. The van der Waals surface area contributed by atoms with Gasteiger partial charge in [0.25, 0.3) is 0 Å². The predicted octanol–water partition coefficient (Wildman–Crippen LogP) is 2.40. The molecule has 1 aromatic carbocycles. The third-order valence-electron chi connectivity index (χ3n) is 2.09. The maximum atomic E-state index is 10.9. The highest BCUT2D eigenvalue weighted by atomic mass is 16.5. The van der Waals surface area contributed by atoms with E-state index >= 15 is 0 Å². The van der Waals surface area contributed by atoms with Crippen LogP contribution < -0.4 is 10.1 Å². The van der Waals surface area contributed by atoms with Crippen molar-refractivity contribution in [2.45, 2.75) is 6.92 Å². The van der Waals surface area contributed by atoms with Gasteiger partial charge in [-0.1, -0.05) is 0 Å². The lowest BCUT2D eigenvalue weighted by Crippen LogP contribution is -2.04. The first-order chi connectivity index (χ1) is 7.20. The Hall–Kier alpha value is -1.97. The molecule has 0 aliphatic heterocycles.